The Morgan fingerprint density at radius 3 is 2.12 bits per heavy atom. The minimum absolute atomic E-state index is 0.0631. The lowest BCUT2D eigenvalue weighted by Crippen LogP contribution is -2.36. The summed E-state index contributed by atoms with van der Waals surface area (Å²) in [5.74, 6) is 1.48. The molecule has 0 rings (SSSR count). The molecule has 3 unspecified atom stereocenters. The van der Waals surface area contributed by atoms with Crippen molar-refractivity contribution in [3.05, 3.63) is 0 Å². The Morgan fingerprint density at radius 2 is 1.69 bits per heavy atom. The highest BCUT2D eigenvalue weighted by Crippen LogP contribution is 2.22. The van der Waals surface area contributed by atoms with E-state index in [0.717, 1.165) is 6.42 Å². The van der Waals surface area contributed by atoms with Gasteiger partial charge in [0.2, 0.25) is 0 Å². The van der Waals surface area contributed by atoms with Gasteiger partial charge in [-0.3, -0.25) is 4.79 Å². The van der Waals surface area contributed by atoms with Crippen molar-refractivity contribution in [1.29, 1.82) is 0 Å². The number of Topliss-reactive ketones (excluding diaryl/α,β-unsaturated/α-hetero) is 1. The molecule has 0 saturated heterocycles. The fourth-order valence-electron chi connectivity index (χ4n) is 1.99. The summed E-state index contributed by atoms with van der Waals surface area (Å²) in [6, 6.07) is -0.265. The molecule has 0 radical (unpaired) electrons. The van der Waals surface area contributed by atoms with Gasteiger partial charge >= 0.3 is 0 Å². The van der Waals surface area contributed by atoms with Crippen molar-refractivity contribution < 1.29 is 4.79 Å². The zero-order valence-corrected chi connectivity index (χ0v) is 11.6. The third-order valence-corrected chi connectivity index (χ3v) is 3.54. The summed E-state index contributed by atoms with van der Waals surface area (Å²) >= 11 is 0. The first-order valence-corrected chi connectivity index (χ1v) is 6.69. The standard InChI is InChI=1S/C14H29NO/c1-6-7-8-11(4)12(5)9-13(15)14(16)10(2)3/h10-13H,6-9,15H2,1-5H3. The maximum absolute atomic E-state index is 11.7. The van der Waals surface area contributed by atoms with Crippen molar-refractivity contribution in [1.82, 2.24) is 0 Å². The second-order valence-corrected chi connectivity index (χ2v) is 5.50. The third kappa shape index (κ3) is 5.64. The Bertz CT molecular complexity index is 201. The molecule has 0 amide bonds. The summed E-state index contributed by atoms with van der Waals surface area (Å²) in [6.45, 7) is 10.5. The van der Waals surface area contributed by atoms with Crippen molar-refractivity contribution in [3.8, 4) is 0 Å². The number of rotatable bonds is 8. The van der Waals surface area contributed by atoms with E-state index in [0.29, 0.717) is 11.8 Å². The molecule has 0 spiro atoms. The van der Waals surface area contributed by atoms with E-state index < -0.39 is 0 Å². The van der Waals surface area contributed by atoms with Crippen molar-refractivity contribution in [2.45, 2.75) is 66.3 Å². The molecule has 0 aromatic rings. The zero-order chi connectivity index (χ0) is 12.7. The molecule has 0 fully saturated rings. The van der Waals surface area contributed by atoms with Gasteiger partial charge in [0.1, 0.15) is 0 Å². The predicted octanol–water partition coefficient (Wildman–Crippen LogP) is 3.39. The Morgan fingerprint density at radius 1 is 1.12 bits per heavy atom. The highest BCUT2D eigenvalue weighted by Gasteiger charge is 2.21. The summed E-state index contributed by atoms with van der Waals surface area (Å²) in [5, 5.41) is 0. The minimum Gasteiger partial charge on any atom is -0.321 e. The Hall–Kier alpha value is -0.370. The van der Waals surface area contributed by atoms with E-state index in [2.05, 4.69) is 20.8 Å². The summed E-state index contributed by atoms with van der Waals surface area (Å²) in [5.41, 5.74) is 5.94. The van der Waals surface area contributed by atoms with E-state index >= 15 is 0 Å². The Kier molecular flexibility index (Phi) is 7.65. The van der Waals surface area contributed by atoms with Crippen LogP contribution in [0.4, 0.5) is 0 Å². The number of hydrogen-bond acceptors (Lipinski definition) is 2. The number of nitrogens with two attached hydrogens (primary N) is 1. The molecule has 2 heteroatoms. The molecule has 96 valence electrons. The molecule has 0 heterocycles. The topological polar surface area (TPSA) is 43.1 Å². The van der Waals surface area contributed by atoms with E-state index in [-0.39, 0.29) is 17.7 Å². The molecular formula is C14H29NO. The molecule has 0 aliphatic heterocycles. The maximum atomic E-state index is 11.7. The summed E-state index contributed by atoms with van der Waals surface area (Å²) < 4.78 is 0. The van der Waals surface area contributed by atoms with Crippen LogP contribution in [0.5, 0.6) is 0 Å². The van der Waals surface area contributed by atoms with Crippen LogP contribution in [0.15, 0.2) is 0 Å². The monoisotopic (exact) mass is 227 g/mol. The van der Waals surface area contributed by atoms with Crippen LogP contribution in [0.25, 0.3) is 0 Å². The molecule has 16 heavy (non-hydrogen) atoms. The van der Waals surface area contributed by atoms with Crippen molar-refractivity contribution in [2.75, 3.05) is 0 Å². The van der Waals surface area contributed by atoms with E-state index in [1.54, 1.807) is 0 Å². The summed E-state index contributed by atoms with van der Waals surface area (Å²) in [4.78, 5) is 11.7. The summed E-state index contributed by atoms with van der Waals surface area (Å²) in [7, 11) is 0. The maximum Gasteiger partial charge on any atom is 0.152 e. The van der Waals surface area contributed by atoms with Crippen LogP contribution in [0, 0.1) is 17.8 Å². The second-order valence-electron chi connectivity index (χ2n) is 5.50. The molecule has 0 saturated carbocycles. The first-order valence-electron chi connectivity index (χ1n) is 6.69. The van der Waals surface area contributed by atoms with Crippen LogP contribution in [0.3, 0.4) is 0 Å². The quantitative estimate of drug-likeness (QED) is 0.690. The molecular weight excluding hydrogens is 198 g/mol. The lowest BCUT2D eigenvalue weighted by molar-refractivity contribution is -0.123. The highest BCUT2D eigenvalue weighted by atomic mass is 16.1. The van der Waals surface area contributed by atoms with Crippen LogP contribution in [-0.4, -0.2) is 11.8 Å². The minimum atomic E-state index is -0.265. The smallest absolute Gasteiger partial charge is 0.152 e. The van der Waals surface area contributed by atoms with Gasteiger partial charge in [0.05, 0.1) is 6.04 Å². The first-order chi connectivity index (χ1) is 7.40. The average Bonchev–Trinajstić information content (AvgIpc) is 2.24. The van der Waals surface area contributed by atoms with E-state index in [9.17, 15) is 4.79 Å². The van der Waals surface area contributed by atoms with Crippen LogP contribution >= 0.6 is 0 Å². The van der Waals surface area contributed by atoms with Gasteiger partial charge in [-0.05, 0) is 18.3 Å². The Labute approximate surface area is 101 Å². The molecule has 0 aromatic heterocycles. The van der Waals surface area contributed by atoms with Gasteiger partial charge in [-0.25, -0.2) is 0 Å². The molecule has 0 aliphatic rings. The van der Waals surface area contributed by atoms with Crippen LogP contribution in [-0.2, 0) is 4.79 Å². The molecule has 0 bridgehead atoms. The SMILES string of the molecule is CCCCC(C)C(C)CC(N)C(=O)C(C)C. The number of unbranched alkanes of at least 4 members (excludes halogenated alkanes) is 1. The molecule has 2 nitrogen and oxygen atoms in total. The van der Waals surface area contributed by atoms with E-state index in [1.165, 1.54) is 19.3 Å². The number of carbonyl (C=O) groups excluding carboxylic acids is 1. The highest BCUT2D eigenvalue weighted by molar-refractivity contribution is 5.85. The lowest BCUT2D eigenvalue weighted by atomic mass is 9.84. The number of carbonyl (C=O) groups is 1. The van der Waals surface area contributed by atoms with Gasteiger partial charge < -0.3 is 5.73 Å². The Balaban J connectivity index is 4.02. The summed E-state index contributed by atoms with van der Waals surface area (Å²) in [6.07, 6.45) is 4.61. The largest absolute Gasteiger partial charge is 0.321 e. The van der Waals surface area contributed by atoms with E-state index in [4.69, 9.17) is 5.73 Å². The van der Waals surface area contributed by atoms with E-state index in [1.807, 2.05) is 13.8 Å². The normalized spacial score (nSPS) is 17.2. The predicted molar refractivity (Wildman–Crippen MR) is 70.3 cm³/mol. The van der Waals surface area contributed by atoms with Crippen molar-refractivity contribution >= 4 is 5.78 Å². The fraction of sp³-hybridized carbons (Fsp3) is 0.929. The van der Waals surface area contributed by atoms with Gasteiger partial charge in [-0.2, -0.15) is 0 Å². The van der Waals surface area contributed by atoms with Crippen LogP contribution in [0.1, 0.15) is 60.3 Å². The molecule has 2 N–H and O–H groups in total. The van der Waals surface area contributed by atoms with Gasteiger partial charge in [0.25, 0.3) is 0 Å². The number of ketones is 1. The molecule has 0 aliphatic carbocycles. The average molecular weight is 227 g/mol. The van der Waals surface area contributed by atoms with Gasteiger partial charge in [-0.1, -0.05) is 53.9 Å². The van der Waals surface area contributed by atoms with Crippen molar-refractivity contribution in [2.24, 2.45) is 23.5 Å². The molecule has 3 atom stereocenters. The third-order valence-electron chi connectivity index (χ3n) is 3.54. The molecule has 0 aromatic carbocycles. The number of hydrogen-bond donors (Lipinski definition) is 1. The first kappa shape index (κ1) is 15.6. The zero-order valence-electron chi connectivity index (χ0n) is 11.6. The van der Waals surface area contributed by atoms with Crippen molar-refractivity contribution in [3.63, 3.8) is 0 Å². The van der Waals surface area contributed by atoms with Crippen LogP contribution in [0.2, 0.25) is 0 Å². The fourth-order valence-corrected chi connectivity index (χ4v) is 1.99. The van der Waals surface area contributed by atoms with Gasteiger partial charge in [0, 0.05) is 5.92 Å². The van der Waals surface area contributed by atoms with Gasteiger partial charge in [0.15, 0.2) is 5.78 Å². The second kappa shape index (κ2) is 7.83. The lowest BCUT2D eigenvalue weighted by Gasteiger charge is -2.23. The van der Waals surface area contributed by atoms with Gasteiger partial charge in [-0.15, -0.1) is 0 Å². The van der Waals surface area contributed by atoms with Crippen LogP contribution < -0.4 is 5.73 Å².